The largest absolute Gasteiger partial charge is 0.222 e. The normalized spacial score (nSPS) is 10.7. The fraction of sp³-hybridized carbons (Fsp3) is 0.182. The minimum Gasteiger partial charge on any atom is -0.222 e. The number of hydrogen-bond donors (Lipinski definition) is 0. The van der Waals surface area contributed by atoms with Crippen molar-refractivity contribution >= 4 is 27.5 Å². The van der Waals surface area contributed by atoms with Crippen LogP contribution in [0.3, 0.4) is 0 Å². The van der Waals surface area contributed by atoms with E-state index in [4.69, 9.17) is 11.6 Å². The first kappa shape index (κ1) is 10.7. The first-order valence-electron chi connectivity index (χ1n) is 4.57. The van der Waals surface area contributed by atoms with Gasteiger partial charge in [0.15, 0.2) is 0 Å². The Hall–Kier alpha value is -0.800. The van der Waals surface area contributed by atoms with E-state index in [9.17, 15) is 0 Å². The van der Waals surface area contributed by atoms with Crippen LogP contribution in [0, 0.1) is 13.8 Å². The Kier molecular flexibility index (Phi) is 2.85. The van der Waals surface area contributed by atoms with Crippen molar-refractivity contribution in [3.05, 3.63) is 45.1 Å². The average molecular weight is 286 g/mol. The number of rotatable bonds is 1. The van der Waals surface area contributed by atoms with Crippen molar-refractivity contribution in [1.82, 2.24) is 9.78 Å². The second kappa shape index (κ2) is 3.99. The van der Waals surface area contributed by atoms with Gasteiger partial charge in [-0.2, -0.15) is 5.10 Å². The lowest BCUT2D eigenvalue weighted by molar-refractivity contribution is 0.863. The van der Waals surface area contributed by atoms with Crippen molar-refractivity contribution in [2.45, 2.75) is 13.8 Å². The average Bonchev–Trinajstić information content (AvgIpc) is 2.47. The molecular formula is C11H10BrClN2. The summed E-state index contributed by atoms with van der Waals surface area (Å²) in [6.45, 7) is 3.93. The zero-order valence-corrected chi connectivity index (χ0v) is 10.8. The van der Waals surface area contributed by atoms with Gasteiger partial charge in [0.1, 0.15) is 5.15 Å². The Bertz CT molecular complexity index is 488. The Balaban J connectivity index is 2.54. The van der Waals surface area contributed by atoms with Crippen LogP contribution in [-0.4, -0.2) is 9.78 Å². The maximum absolute atomic E-state index is 6.18. The molecule has 1 aromatic heterocycles. The van der Waals surface area contributed by atoms with Crippen LogP contribution in [0.25, 0.3) is 5.69 Å². The Morgan fingerprint density at radius 3 is 2.27 bits per heavy atom. The summed E-state index contributed by atoms with van der Waals surface area (Å²) in [5.41, 5.74) is 2.96. The third-order valence-electron chi connectivity index (χ3n) is 2.36. The molecule has 0 bridgehead atoms. The summed E-state index contributed by atoms with van der Waals surface area (Å²) < 4.78 is 2.79. The summed E-state index contributed by atoms with van der Waals surface area (Å²) in [5, 5.41) is 5.05. The fourth-order valence-electron chi connectivity index (χ4n) is 1.33. The molecule has 0 saturated carbocycles. The first-order valence-corrected chi connectivity index (χ1v) is 5.74. The highest BCUT2D eigenvalue weighted by molar-refractivity contribution is 9.10. The van der Waals surface area contributed by atoms with E-state index in [1.165, 1.54) is 0 Å². The van der Waals surface area contributed by atoms with E-state index in [0.717, 1.165) is 21.4 Å². The molecule has 0 spiro atoms. The van der Waals surface area contributed by atoms with Crippen LogP contribution in [0.1, 0.15) is 11.3 Å². The Labute approximate surface area is 102 Å². The number of hydrogen-bond acceptors (Lipinski definition) is 1. The lowest BCUT2D eigenvalue weighted by atomic mass is 10.3. The van der Waals surface area contributed by atoms with Crippen LogP contribution in [-0.2, 0) is 0 Å². The quantitative estimate of drug-likeness (QED) is 0.777. The van der Waals surface area contributed by atoms with Crippen LogP contribution in [0.15, 0.2) is 28.7 Å². The number of halogens is 2. The van der Waals surface area contributed by atoms with Gasteiger partial charge in [-0.05, 0) is 38.1 Å². The molecule has 2 nitrogen and oxygen atoms in total. The third kappa shape index (κ3) is 1.94. The molecule has 0 aliphatic carbocycles. The van der Waals surface area contributed by atoms with Crippen molar-refractivity contribution in [2.75, 3.05) is 0 Å². The van der Waals surface area contributed by atoms with E-state index in [0.29, 0.717) is 5.15 Å². The molecule has 0 radical (unpaired) electrons. The predicted octanol–water partition coefficient (Wildman–Crippen LogP) is 3.91. The van der Waals surface area contributed by atoms with Gasteiger partial charge in [0.2, 0.25) is 0 Å². The van der Waals surface area contributed by atoms with Gasteiger partial charge < -0.3 is 0 Å². The molecule has 1 heterocycles. The molecule has 0 aliphatic rings. The fourth-order valence-corrected chi connectivity index (χ4v) is 1.87. The molecule has 2 rings (SSSR count). The van der Waals surface area contributed by atoms with E-state index >= 15 is 0 Å². The van der Waals surface area contributed by atoms with Crippen molar-refractivity contribution < 1.29 is 0 Å². The smallest absolute Gasteiger partial charge is 0.136 e. The van der Waals surface area contributed by atoms with Gasteiger partial charge >= 0.3 is 0 Å². The van der Waals surface area contributed by atoms with Crippen molar-refractivity contribution in [2.24, 2.45) is 0 Å². The summed E-state index contributed by atoms with van der Waals surface area (Å²) in [4.78, 5) is 0. The molecule has 1 aromatic carbocycles. The summed E-state index contributed by atoms with van der Waals surface area (Å²) >= 11 is 9.57. The molecule has 0 saturated heterocycles. The lowest BCUT2D eigenvalue weighted by Gasteiger charge is -2.02. The Morgan fingerprint density at radius 2 is 1.80 bits per heavy atom. The topological polar surface area (TPSA) is 17.8 Å². The molecule has 15 heavy (non-hydrogen) atoms. The van der Waals surface area contributed by atoms with Gasteiger partial charge in [-0.25, -0.2) is 4.68 Å². The summed E-state index contributed by atoms with van der Waals surface area (Å²) in [7, 11) is 0. The van der Waals surface area contributed by atoms with E-state index in [-0.39, 0.29) is 0 Å². The SMILES string of the molecule is Cc1nn(-c2ccc(Br)cc2)c(Cl)c1C. The van der Waals surface area contributed by atoms with Crippen LogP contribution < -0.4 is 0 Å². The lowest BCUT2D eigenvalue weighted by Crippen LogP contribution is -1.96. The van der Waals surface area contributed by atoms with Gasteiger partial charge in [0, 0.05) is 10.0 Å². The first-order chi connectivity index (χ1) is 7.09. The van der Waals surface area contributed by atoms with Gasteiger partial charge in [0.25, 0.3) is 0 Å². The second-order valence-corrected chi connectivity index (χ2v) is 4.66. The van der Waals surface area contributed by atoms with Crippen LogP contribution >= 0.6 is 27.5 Å². The number of benzene rings is 1. The van der Waals surface area contributed by atoms with E-state index < -0.39 is 0 Å². The zero-order valence-electron chi connectivity index (χ0n) is 8.46. The van der Waals surface area contributed by atoms with E-state index in [2.05, 4.69) is 21.0 Å². The molecule has 0 N–H and O–H groups in total. The van der Waals surface area contributed by atoms with Crippen molar-refractivity contribution in [3.63, 3.8) is 0 Å². The highest BCUT2D eigenvalue weighted by Crippen LogP contribution is 2.23. The van der Waals surface area contributed by atoms with Gasteiger partial charge in [-0.15, -0.1) is 0 Å². The summed E-state index contributed by atoms with van der Waals surface area (Å²) in [6.07, 6.45) is 0. The van der Waals surface area contributed by atoms with Crippen LogP contribution in [0.2, 0.25) is 5.15 Å². The third-order valence-corrected chi connectivity index (χ3v) is 3.33. The van der Waals surface area contributed by atoms with Gasteiger partial charge in [-0.1, -0.05) is 27.5 Å². The second-order valence-electron chi connectivity index (χ2n) is 3.39. The van der Waals surface area contributed by atoms with Crippen LogP contribution in [0.5, 0.6) is 0 Å². The minimum absolute atomic E-state index is 0.676. The number of aryl methyl sites for hydroxylation is 1. The van der Waals surface area contributed by atoms with E-state index in [1.807, 2.05) is 38.1 Å². The Morgan fingerprint density at radius 1 is 1.20 bits per heavy atom. The molecule has 0 unspecified atom stereocenters. The summed E-state index contributed by atoms with van der Waals surface area (Å²) in [5.74, 6) is 0. The van der Waals surface area contributed by atoms with Gasteiger partial charge in [-0.3, -0.25) is 0 Å². The van der Waals surface area contributed by atoms with E-state index in [1.54, 1.807) is 4.68 Å². The molecule has 4 heteroatoms. The summed E-state index contributed by atoms with van der Waals surface area (Å²) in [6, 6.07) is 7.89. The number of nitrogens with zero attached hydrogens (tertiary/aromatic N) is 2. The van der Waals surface area contributed by atoms with Crippen molar-refractivity contribution in [3.8, 4) is 5.69 Å². The predicted molar refractivity (Wildman–Crippen MR) is 65.7 cm³/mol. The highest BCUT2D eigenvalue weighted by Gasteiger charge is 2.10. The van der Waals surface area contributed by atoms with Crippen molar-refractivity contribution in [1.29, 1.82) is 0 Å². The molecular weight excluding hydrogens is 275 g/mol. The molecule has 0 aliphatic heterocycles. The maximum Gasteiger partial charge on any atom is 0.136 e. The zero-order chi connectivity index (χ0) is 11.0. The maximum atomic E-state index is 6.18. The number of aromatic nitrogens is 2. The molecule has 0 amide bonds. The molecule has 0 atom stereocenters. The van der Waals surface area contributed by atoms with Gasteiger partial charge in [0.05, 0.1) is 11.4 Å². The van der Waals surface area contributed by atoms with Crippen LogP contribution in [0.4, 0.5) is 0 Å². The molecule has 2 aromatic rings. The molecule has 0 fully saturated rings. The highest BCUT2D eigenvalue weighted by atomic mass is 79.9. The minimum atomic E-state index is 0.676. The monoisotopic (exact) mass is 284 g/mol. The standard InChI is InChI=1S/C11H10BrClN2/c1-7-8(2)14-15(11(7)13)10-5-3-9(12)4-6-10/h3-6H,1-2H3. The molecule has 78 valence electrons.